The highest BCUT2D eigenvalue weighted by Crippen LogP contribution is 2.25. The summed E-state index contributed by atoms with van der Waals surface area (Å²) in [6, 6.07) is 9.13. The number of hydrogen-bond donors (Lipinski definition) is 1. The molecule has 2 aromatic heterocycles. The third-order valence-electron chi connectivity index (χ3n) is 3.88. The van der Waals surface area contributed by atoms with Crippen molar-refractivity contribution in [2.45, 2.75) is 19.3 Å². The van der Waals surface area contributed by atoms with Crippen LogP contribution in [0.2, 0.25) is 0 Å². The van der Waals surface area contributed by atoms with Crippen LogP contribution in [-0.4, -0.2) is 32.4 Å². The molecule has 0 unspecified atom stereocenters. The number of para-hydroxylation sites is 2. The van der Waals surface area contributed by atoms with Crippen molar-refractivity contribution in [3.8, 4) is 0 Å². The minimum atomic E-state index is -4.76. The van der Waals surface area contributed by atoms with Gasteiger partial charge in [0.25, 0.3) is 5.56 Å². The Balaban J connectivity index is 1.74. The number of pyridine rings is 1. The lowest BCUT2D eigenvalue weighted by atomic mass is 10.2. The lowest BCUT2D eigenvalue weighted by molar-refractivity contribution is -0.139. The van der Waals surface area contributed by atoms with Crippen LogP contribution in [0.5, 0.6) is 0 Å². The molecule has 26 heavy (non-hydrogen) atoms. The molecule has 0 saturated heterocycles. The van der Waals surface area contributed by atoms with Crippen molar-refractivity contribution in [1.29, 1.82) is 0 Å². The molecule has 0 bridgehead atoms. The van der Waals surface area contributed by atoms with Gasteiger partial charge in [0.1, 0.15) is 17.9 Å². The fourth-order valence-electron chi connectivity index (χ4n) is 2.54. The van der Waals surface area contributed by atoms with Gasteiger partial charge in [0.15, 0.2) is 0 Å². The van der Waals surface area contributed by atoms with Gasteiger partial charge in [0.05, 0.1) is 17.6 Å². The van der Waals surface area contributed by atoms with E-state index in [1.165, 1.54) is 11.9 Å². The lowest BCUT2D eigenvalue weighted by Gasteiger charge is -2.17. The Bertz CT molecular complexity index is 974. The summed E-state index contributed by atoms with van der Waals surface area (Å²) in [5.74, 6) is 0.0327. The number of halogens is 3. The number of amides is 1. The van der Waals surface area contributed by atoms with Gasteiger partial charge in [-0.05, 0) is 24.3 Å². The number of fused-ring (bicyclic) bond motifs is 1. The van der Waals surface area contributed by atoms with Crippen LogP contribution in [0.25, 0.3) is 11.0 Å². The Hall–Kier alpha value is -3.10. The van der Waals surface area contributed by atoms with Crippen LogP contribution in [0.4, 0.5) is 13.2 Å². The molecule has 0 fully saturated rings. The zero-order chi connectivity index (χ0) is 18.9. The number of nitrogens with zero attached hydrogens (tertiary/aromatic N) is 3. The number of rotatable bonds is 4. The maximum Gasteiger partial charge on any atom is 0.421 e. The number of likely N-dealkylation sites (N-methyl/N-ethyl adjacent to an activating group) is 1. The van der Waals surface area contributed by atoms with E-state index < -0.39 is 29.8 Å². The van der Waals surface area contributed by atoms with Crippen molar-refractivity contribution >= 4 is 16.9 Å². The van der Waals surface area contributed by atoms with Crippen molar-refractivity contribution in [2.75, 3.05) is 7.05 Å². The van der Waals surface area contributed by atoms with Crippen LogP contribution in [0.1, 0.15) is 11.4 Å². The molecule has 0 aliphatic carbocycles. The summed E-state index contributed by atoms with van der Waals surface area (Å²) >= 11 is 0. The molecule has 0 aliphatic rings. The van der Waals surface area contributed by atoms with Gasteiger partial charge in [-0.3, -0.25) is 9.59 Å². The first-order valence-electron chi connectivity index (χ1n) is 7.70. The standard InChI is InChI=1S/C17H15F3N4O2/c1-23(9-14-21-12-6-2-3-7-13(12)22-14)15(25)10-24-8-4-5-11(16(24)26)17(18,19)20/h2-8H,9-10H2,1H3,(H,21,22). The molecule has 0 radical (unpaired) electrons. The number of nitrogens with one attached hydrogen (secondary N) is 1. The van der Waals surface area contributed by atoms with Crippen molar-refractivity contribution in [1.82, 2.24) is 19.4 Å². The number of aromatic amines is 1. The first-order chi connectivity index (χ1) is 12.3. The molecule has 3 aromatic rings. The first-order valence-corrected chi connectivity index (χ1v) is 7.70. The van der Waals surface area contributed by atoms with E-state index in [0.29, 0.717) is 11.9 Å². The lowest BCUT2D eigenvalue weighted by Crippen LogP contribution is -2.35. The molecule has 0 atom stereocenters. The molecule has 1 aromatic carbocycles. The molecule has 1 N–H and O–H groups in total. The highest BCUT2D eigenvalue weighted by Gasteiger charge is 2.34. The van der Waals surface area contributed by atoms with Crippen LogP contribution >= 0.6 is 0 Å². The number of H-pyrrole nitrogens is 1. The van der Waals surface area contributed by atoms with Crippen LogP contribution < -0.4 is 5.56 Å². The fourth-order valence-corrected chi connectivity index (χ4v) is 2.54. The molecule has 9 heteroatoms. The third-order valence-corrected chi connectivity index (χ3v) is 3.88. The normalized spacial score (nSPS) is 11.7. The zero-order valence-electron chi connectivity index (χ0n) is 13.7. The Morgan fingerprint density at radius 3 is 2.65 bits per heavy atom. The molecule has 0 saturated carbocycles. The Kier molecular flexibility index (Phi) is 4.54. The third kappa shape index (κ3) is 3.61. The number of aromatic nitrogens is 3. The topological polar surface area (TPSA) is 71.0 Å². The SMILES string of the molecule is CN(Cc1nc2ccccc2[nH]1)C(=O)Cn1cccc(C(F)(F)F)c1=O. The Morgan fingerprint density at radius 2 is 1.96 bits per heavy atom. The number of carbonyl (C=O) groups excluding carboxylic acids is 1. The maximum absolute atomic E-state index is 12.8. The first kappa shape index (κ1) is 17.7. The van der Waals surface area contributed by atoms with E-state index in [9.17, 15) is 22.8 Å². The van der Waals surface area contributed by atoms with E-state index in [2.05, 4.69) is 9.97 Å². The van der Waals surface area contributed by atoms with Crippen molar-refractivity contribution in [2.24, 2.45) is 0 Å². The monoisotopic (exact) mass is 364 g/mol. The van der Waals surface area contributed by atoms with E-state index >= 15 is 0 Å². The second-order valence-corrected chi connectivity index (χ2v) is 5.80. The van der Waals surface area contributed by atoms with Crippen LogP contribution in [0.15, 0.2) is 47.4 Å². The van der Waals surface area contributed by atoms with Gasteiger partial charge in [-0.25, -0.2) is 4.98 Å². The number of alkyl halides is 3. The van der Waals surface area contributed by atoms with Crippen molar-refractivity contribution < 1.29 is 18.0 Å². The van der Waals surface area contributed by atoms with Gasteiger partial charge >= 0.3 is 6.18 Å². The smallest absolute Gasteiger partial charge is 0.340 e. The van der Waals surface area contributed by atoms with E-state index in [4.69, 9.17) is 0 Å². The van der Waals surface area contributed by atoms with E-state index in [0.717, 1.165) is 27.9 Å². The fraction of sp³-hybridized carbons (Fsp3) is 0.235. The molecule has 136 valence electrons. The van der Waals surface area contributed by atoms with Gasteiger partial charge in [-0.15, -0.1) is 0 Å². The molecule has 1 amide bonds. The van der Waals surface area contributed by atoms with Gasteiger partial charge < -0.3 is 14.5 Å². The molecule has 3 rings (SSSR count). The highest BCUT2D eigenvalue weighted by molar-refractivity contribution is 5.76. The van der Waals surface area contributed by atoms with E-state index in [1.54, 1.807) is 0 Å². The summed E-state index contributed by atoms with van der Waals surface area (Å²) in [6.07, 6.45) is -3.60. The summed E-state index contributed by atoms with van der Waals surface area (Å²) in [5, 5.41) is 0. The van der Waals surface area contributed by atoms with Crippen molar-refractivity contribution in [3.63, 3.8) is 0 Å². The summed E-state index contributed by atoms with van der Waals surface area (Å²) in [6.45, 7) is -0.347. The minimum absolute atomic E-state index is 0.140. The predicted octanol–water partition coefficient (Wildman–Crippen LogP) is 2.40. The molecule has 0 aliphatic heterocycles. The largest absolute Gasteiger partial charge is 0.421 e. The van der Waals surface area contributed by atoms with Crippen LogP contribution in [0.3, 0.4) is 0 Å². The quantitative estimate of drug-likeness (QED) is 0.773. The molecular weight excluding hydrogens is 349 g/mol. The molecular formula is C17H15F3N4O2. The summed E-state index contributed by atoms with van der Waals surface area (Å²) in [5.41, 5.74) is -0.979. The predicted molar refractivity (Wildman–Crippen MR) is 88.3 cm³/mol. The van der Waals surface area contributed by atoms with Gasteiger partial charge in [0.2, 0.25) is 5.91 Å². The summed E-state index contributed by atoms with van der Waals surface area (Å²) in [7, 11) is 1.49. The number of carbonyl (C=O) groups is 1. The Labute approximate surface area is 145 Å². The Morgan fingerprint density at radius 1 is 1.23 bits per heavy atom. The number of imidazole rings is 1. The summed E-state index contributed by atoms with van der Waals surface area (Å²) in [4.78, 5) is 32.9. The van der Waals surface area contributed by atoms with Crippen LogP contribution in [0, 0.1) is 0 Å². The number of hydrogen-bond acceptors (Lipinski definition) is 3. The zero-order valence-corrected chi connectivity index (χ0v) is 13.7. The average molecular weight is 364 g/mol. The van der Waals surface area contributed by atoms with E-state index in [1.807, 2.05) is 24.3 Å². The maximum atomic E-state index is 12.8. The van der Waals surface area contributed by atoms with Gasteiger partial charge in [0, 0.05) is 13.2 Å². The molecule has 0 spiro atoms. The summed E-state index contributed by atoms with van der Waals surface area (Å²) < 4.78 is 39.1. The minimum Gasteiger partial charge on any atom is -0.340 e. The second kappa shape index (κ2) is 6.66. The molecule has 6 nitrogen and oxygen atoms in total. The van der Waals surface area contributed by atoms with Gasteiger partial charge in [-0.1, -0.05) is 12.1 Å². The molecule has 2 heterocycles. The number of benzene rings is 1. The van der Waals surface area contributed by atoms with Crippen LogP contribution in [-0.2, 0) is 24.1 Å². The second-order valence-electron chi connectivity index (χ2n) is 5.80. The average Bonchev–Trinajstić information content (AvgIpc) is 2.97. The van der Waals surface area contributed by atoms with Gasteiger partial charge in [-0.2, -0.15) is 13.2 Å². The van der Waals surface area contributed by atoms with E-state index in [-0.39, 0.29) is 6.54 Å². The van der Waals surface area contributed by atoms with Crippen molar-refractivity contribution in [3.05, 3.63) is 64.3 Å². The highest BCUT2D eigenvalue weighted by atomic mass is 19.4.